The molecular formula is C18H12N2Se2. The van der Waals surface area contributed by atoms with Crippen molar-refractivity contribution in [2.75, 3.05) is 0 Å². The molecule has 4 aromatic rings. The third-order valence-electron chi connectivity index (χ3n) is 3.36. The average molecular weight is 414 g/mol. The van der Waals surface area contributed by atoms with Crippen molar-refractivity contribution in [1.29, 1.82) is 0 Å². The van der Waals surface area contributed by atoms with Crippen LogP contribution in [0.5, 0.6) is 0 Å². The van der Waals surface area contributed by atoms with Crippen LogP contribution in [0.2, 0.25) is 0 Å². The van der Waals surface area contributed by atoms with Gasteiger partial charge in [0.1, 0.15) is 0 Å². The summed E-state index contributed by atoms with van der Waals surface area (Å²) in [5.74, 6) is 0. The predicted octanol–water partition coefficient (Wildman–Crippen LogP) is 2.06. The van der Waals surface area contributed by atoms with Crippen LogP contribution in [0.3, 0.4) is 0 Å². The maximum atomic E-state index is 4.77. The van der Waals surface area contributed by atoms with E-state index in [1.807, 2.05) is 12.1 Å². The van der Waals surface area contributed by atoms with Crippen LogP contribution >= 0.6 is 0 Å². The number of pyridine rings is 2. The molecular weight excluding hydrogens is 402 g/mol. The summed E-state index contributed by atoms with van der Waals surface area (Å²) in [5, 5.41) is 2.41. The van der Waals surface area contributed by atoms with Gasteiger partial charge in [-0.25, -0.2) is 0 Å². The quantitative estimate of drug-likeness (QED) is 0.480. The Morgan fingerprint density at radius 2 is 0.955 bits per heavy atom. The van der Waals surface area contributed by atoms with Gasteiger partial charge in [0.2, 0.25) is 0 Å². The molecule has 0 saturated heterocycles. The molecule has 0 spiro atoms. The van der Waals surface area contributed by atoms with E-state index in [9.17, 15) is 0 Å². The van der Waals surface area contributed by atoms with Gasteiger partial charge in [-0.15, -0.1) is 0 Å². The zero-order valence-corrected chi connectivity index (χ0v) is 15.1. The normalized spacial score (nSPS) is 11.1. The minimum atomic E-state index is 0.368. The predicted molar refractivity (Wildman–Crippen MR) is 94.3 cm³/mol. The number of rotatable bonds is 3. The molecule has 0 saturated carbocycles. The molecule has 2 aromatic heterocycles. The van der Waals surface area contributed by atoms with E-state index in [2.05, 4.69) is 60.7 Å². The first-order chi connectivity index (χ1) is 10.9. The summed E-state index contributed by atoms with van der Waals surface area (Å²) >= 11 is 0.735. The number of hydrogen-bond acceptors (Lipinski definition) is 2. The molecule has 2 aromatic carbocycles. The van der Waals surface area contributed by atoms with Crippen LogP contribution in [0.15, 0.2) is 72.8 Å². The van der Waals surface area contributed by atoms with Crippen LogP contribution in [0.1, 0.15) is 0 Å². The molecule has 0 amide bonds. The second-order valence-corrected chi connectivity index (χ2v) is 10.9. The van der Waals surface area contributed by atoms with Crippen molar-refractivity contribution >= 4 is 57.3 Å². The van der Waals surface area contributed by atoms with E-state index in [0.717, 1.165) is 11.0 Å². The zero-order chi connectivity index (χ0) is 14.8. The van der Waals surface area contributed by atoms with Crippen molar-refractivity contribution in [3.05, 3.63) is 72.8 Å². The maximum absolute atomic E-state index is 4.77. The SMILES string of the molecule is c1ccc2nc([Se][Se]c3ccc4ccccc4n3)ccc2c1. The van der Waals surface area contributed by atoms with Crippen molar-refractivity contribution in [2.24, 2.45) is 0 Å². The fourth-order valence-electron chi connectivity index (χ4n) is 2.27. The second-order valence-electron chi connectivity index (χ2n) is 4.85. The second kappa shape index (κ2) is 6.19. The van der Waals surface area contributed by atoms with Gasteiger partial charge in [-0.2, -0.15) is 0 Å². The van der Waals surface area contributed by atoms with Gasteiger partial charge in [-0.3, -0.25) is 0 Å². The summed E-state index contributed by atoms with van der Waals surface area (Å²) in [4.78, 5) is 9.54. The Balaban J connectivity index is 1.57. The molecule has 0 fully saturated rings. The molecule has 0 radical (unpaired) electrons. The van der Waals surface area contributed by atoms with Crippen LogP contribution in [0.4, 0.5) is 0 Å². The Morgan fingerprint density at radius 1 is 0.500 bits per heavy atom. The Labute approximate surface area is 139 Å². The van der Waals surface area contributed by atoms with Crippen LogP contribution in [0.25, 0.3) is 21.8 Å². The van der Waals surface area contributed by atoms with E-state index in [-0.39, 0.29) is 0 Å². The molecule has 0 bridgehead atoms. The van der Waals surface area contributed by atoms with E-state index >= 15 is 0 Å². The van der Waals surface area contributed by atoms with Crippen molar-refractivity contribution in [2.45, 2.75) is 0 Å². The van der Waals surface area contributed by atoms with Gasteiger partial charge < -0.3 is 0 Å². The molecule has 106 valence electrons. The van der Waals surface area contributed by atoms with E-state index in [4.69, 9.17) is 9.97 Å². The first-order valence-corrected chi connectivity index (χ1v) is 13.0. The summed E-state index contributed by atoms with van der Waals surface area (Å²) in [6.07, 6.45) is 0. The molecule has 0 atom stereocenters. The van der Waals surface area contributed by atoms with Gasteiger partial charge in [0.15, 0.2) is 0 Å². The Bertz CT molecular complexity index is 874. The molecule has 22 heavy (non-hydrogen) atoms. The summed E-state index contributed by atoms with van der Waals surface area (Å²) in [6.45, 7) is 0. The number of fused-ring (bicyclic) bond motifs is 2. The zero-order valence-electron chi connectivity index (χ0n) is 11.6. The fourth-order valence-corrected chi connectivity index (χ4v) is 7.60. The fraction of sp³-hybridized carbons (Fsp3) is 0. The standard InChI is InChI=1S/C18H12N2Se2/c1-3-7-15-13(5-1)9-11-17(19-15)21-22-18-12-10-14-6-2-4-8-16(14)20-18/h1-12H. The van der Waals surface area contributed by atoms with Crippen molar-refractivity contribution < 1.29 is 0 Å². The summed E-state index contributed by atoms with van der Waals surface area (Å²) in [5.41, 5.74) is 2.17. The number of hydrogen-bond donors (Lipinski definition) is 0. The van der Waals surface area contributed by atoms with Crippen LogP contribution in [-0.2, 0) is 0 Å². The molecule has 0 N–H and O–H groups in total. The summed E-state index contributed by atoms with van der Waals surface area (Å²) in [6, 6.07) is 25.2. The van der Waals surface area contributed by atoms with E-state index in [0.29, 0.717) is 26.3 Å². The Kier molecular flexibility index (Phi) is 3.92. The van der Waals surface area contributed by atoms with Gasteiger partial charge in [0.25, 0.3) is 0 Å². The van der Waals surface area contributed by atoms with Gasteiger partial charge in [0, 0.05) is 0 Å². The van der Waals surface area contributed by atoms with Gasteiger partial charge >= 0.3 is 140 Å². The monoisotopic (exact) mass is 416 g/mol. The first kappa shape index (κ1) is 13.9. The molecule has 0 unspecified atom stereocenters. The molecule has 0 aliphatic heterocycles. The van der Waals surface area contributed by atoms with Crippen LogP contribution in [-0.4, -0.2) is 36.2 Å². The van der Waals surface area contributed by atoms with E-state index in [1.165, 1.54) is 20.0 Å². The molecule has 0 aliphatic carbocycles. The summed E-state index contributed by atoms with van der Waals surface area (Å²) < 4.78 is 2.42. The number of para-hydroxylation sites is 2. The van der Waals surface area contributed by atoms with Gasteiger partial charge in [-0.05, 0) is 0 Å². The molecule has 4 heteroatoms. The Hall–Kier alpha value is -1.70. The third kappa shape index (κ3) is 2.92. The first-order valence-electron chi connectivity index (χ1n) is 6.95. The Morgan fingerprint density at radius 3 is 1.45 bits per heavy atom. The molecule has 0 aliphatic rings. The van der Waals surface area contributed by atoms with Crippen molar-refractivity contribution in [1.82, 2.24) is 9.97 Å². The number of benzene rings is 2. The van der Waals surface area contributed by atoms with E-state index < -0.39 is 0 Å². The van der Waals surface area contributed by atoms with E-state index in [1.54, 1.807) is 0 Å². The minimum absolute atomic E-state index is 0.368. The van der Waals surface area contributed by atoms with Crippen LogP contribution < -0.4 is 9.18 Å². The topological polar surface area (TPSA) is 25.8 Å². The van der Waals surface area contributed by atoms with Crippen LogP contribution in [0, 0.1) is 0 Å². The molecule has 2 heterocycles. The molecule has 2 nitrogen and oxygen atoms in total. The number of nitrogens with zero attached hydrogens (tertiary/aromatic N) is 2. The average Bonchev–Trinajstić information content (AvgIpc) is 2.59. The summed E-state index contributed by atoms with van der Waals surface area (Å²) in [7, 11) is 0. The molecule has 4 rings (SSSR count). The van der Waals surface area contributed by atoms with Gasteiger partial charge in [-0.1, -0.05) is 0 Å². The third-order valence-corrected chi connectivity index (χ3v) is 9.84. The van der Waals surface area contributed by atoms with Crippen molar-refractivity contribution in [3.8, 4) is 0 Å². The van der Waals surface area contributed by atoms with Gasteiger partial charge in [0.05, 0.1) is 0 Å². The number of aromatic nitrogens is 2. The van der Waals surface area contributed by atoms with Crippen molar-refractivity contribution in [3.63, 3.8) is 0 Å².